The first-order chi connectivity index (χ1) is 7.68. The quantitative estimate of drug-likeness (QED) is 0.806. The van der Waals surface area contributed by atoms with Gasteiger partial charge in [-0.2, -0.15) is 11.3 Å². The lowest BCUT2D eigenvalue weighted by Gasteiger charge is -2.15. The van der Waals surface area contributed by atoms with Crippen molar-refractivity contribution in [3.05, 3.63) is 50.6 Å². The predicted molar refractivity (Wildman–Crippen MR) is 72.8 cm³/mol. The molecule has 1 aromatic carbocycles. The predicted octanol–water partition coefficient (Wildman–Crippen LogP) is 5.23. The Morgan fingerprint density at radius 2 is 2.06 bits per heavy atom. The van der Waals surface area contributed by atoms with Crippen LogP contribution in [0.4, 0.5) is 5.69 Å². The van der Waals surface area contributed by atoms with Crippen LogP contribution in [-0.4, -0.2) is 0 Å². The van der Waals surface area contributed by atoms with Crippen LogP contribution in [-0.2, 0) is 0 Å². The Bertz CT molecular complexity index is 468. The van der Waals surface area contributed by atoms with Gasteiger partial charge in [-0.3, -0.25) is 0 Å². The van der Waals surface area contributed by atoms with Crippen LogP contribution < -0.4 is 5.32 Å². The number of anilines is 1. The molecule has 1 heterocycles. The molecule has 0 bridgehead atoms. The highest BCUT2D eigenvalue weighted by molar-refractivity contribution is 7.08. The van der Waals surface area contributed by atoms with E-state index in [0.29, 0.717) is 10.0 Å². The van der Waals surface area contributed by atoms with Crippen LogP contribution in [0.2, 0.25) is 10.0 Å². The maximum absolute atomic E-state index is 6.11. The monoisotopic (exact) mass is 271 g/mol. The molecule has 0 amide bonds. The van der Waals surface area contributed by atoms with Crippen molar-refractivity contribution in [1.82, 2.24) is 0 Å². The molecule has 0 saturated heterocycles. The van der Waals surface area contributed by atoms with Gasteiger partial charge in [-0.1, -0.05) is 29.3 Å². The molecule has 2 rings (SSSR count). The van der Waals surface area contributed by atoms with Gasteiger partial charge in [-0.25, -0.2) is 0 Å². The average molecular weight is 272 g/mol. The number of nitrogens with one attached hydrogen (secondary N) is 1. The lowest BCUT2D eigenvalue weighted by molar-refractivity contribution is 0.891. The third kappa shape index (κ3) is 2.51. The first kappa shape index (κ1) is 11.8. The van der Waals surface area contributed by atoms with E-state index in [1.54, 1.807) is 17.4 Å². The summed E-state index contributed by atoms with van der Waals surface area (Å²) in [6, 6.07) is 7.92. The summed E-state index contributed by atoms with van der Waals surface area (Å²) in [6.45, 7) is 2.10. The Morgan fingerprint density at radius 3 is 2.75 bits per heavy atom. The van der Waals surface area contributed by atoms with E-state index in [0.717, 1.165) is 5.69 Å². The summed E-state index contributed by atoms with van der Waals surface area (Å²) >= 11 is 13.7. The lowest BCUT2D eigenvalue weighted by atomic mass is 10.1. The zero-order chi connectivity index (χ0) is 11.5. The van der Waals surface area contributed by atoms with Gasteiger partial charge in [0, 0.05) is 6.04 Å². The molecule has 4 heteroatoms. The molecule has 1 N–H and O–H groups in total. The van der Waals surface area contributed by atoms with Gasteiger partial charge in [0.1, 0.15) is 0 Å². The highest BCUT2D eigenvalue weighted by atomic mass is 35.5. The number of rotatable bonds is 3. The maximum atomic E-state index is 6.11. The maximum Gasteiger partial charge on any atom is 0.0823 e. The molecule has 0 fully saturated rings. The second-order valence-electron chi connectivity index (χ2n) is 3.52. The van der Waals surface area contributed by atoms with E-state index in [1.165, 1.54) is 5.56 Å². The number of hydrogen-bond donors (Lipinski definition) is 1. The molecule has 2 aromatic rings. The van der Waals surface area contributed by atoms with Crippen LogP contribution in [0, 0.1) is 0 Å². The fourth-order valence-electron chi connectivity index (χ4n) is 1.45. The van der Waals surface area contributed by atoms with Crippen LogP contribution in [0.1, 0.15) is 18.5 Å². The van der Waals surface area contributed by atoms with Gasteiger partial charge >= 0.3 is 0 Å². The molecule has 1 nitrogen and oxygen atoms in total. The normalized spacial score (nSPS) is 12.4. The zero-order valence-electron chi connectivity index (χ0n) is 8.71. The fraction of sp³-hybridized carbons (Fsp3) is 0.167. The van der Waals surface area contributed by atoms with Gasteiger partial charge in [0.2, 0.25) is 0 Å². The lowest BCUT2D eigenvalue weighted by Crippen LogP contribution is -2.05. The summed E-state index contributed by atoms with van der Waals surface area (Å²) in [5.41, 5.74) is 2.12. The molecule has 1 atom stereocenters. The van der Waals surface area contributed by atoms with Gasteiger partial charge in [0.15, 0.2) is 0 Å². The Hall–Kier alpha value is -0.700. The Kier molecular flexibility index (Phi) is 3.74. The zero-order valence-corrected chi connectivity index (χ0v) is 11.0. The first-order valence-corrected chi connectivity index (χ1v) is 6.61. The Labute approximate surface area is 109 Å². The van der Waals surface area contributed by atoms with Crippen molar-refractivity contribution in [1.29, 1.82) is 0 Å². The van der Waals surface area contributed by atoms with E-state index in [9.17, 15) is 0 Å². The molecule has 0 saturated carbocycles. The third-order valence-electron chi connectivity index (χ3n) is 2.37. The highest BCUT2D eigenvalue weighted by Gasteiger charge is 2.09. The molecule has 1 aromatic heterocycles. The standard InChI is InChI=1S/C12H11Cl2NS/c1-8(9-5-6-16-7-9)15-11-4-2-3-10(13)12(11)14/h2-8,15H,1H3. The minimum atomic E-state index is 0.224. The number of halogens is 2. The van der Waals surface area contributed by atoms with Crippen molar-refractivity contribution in [2.24, 2.45) is 0 Å². The molecular weight excluding hydrogens is 261 g/mol. The second kappa shape index (κ2) is 5.09. The van der Waals surface area contributed by atoms with Crippen LogP contribution in [0.5, 0.6) is 0 Å². The minimum Gasteiger partial charge on any atom is -0.377 e. The van der Waals surface area contributed by atoms with Gasteiger partial charge < -0.3 is 5.32 Å². The van der Waals surface area contributed by atoms with Gasteiger partial charge in [0.25, 0.3) is 0 Å². The topological polar surface area (TPSA) is 12.0 Å². The fourth-order valence-corrected chi connectivity index (χ4v) is 2.56. The molecule has 84 valence electrons. The van der Waals surface area contributed by atoms with E-state index in [-0.39, 0.29) is 6.04 Å². The van der Waals surface area contributed by atoms with Crippen molar-refractivity contribution < 1.29 is 0 Å². The minimum absolute atomic E-state index is 0.224. The summed E-state index contributed by atoms with van der Waals surface area (Å²) in [5.74, 6) is 0. The van der Waals surface area contributed by atoms with Crippen LogP contribution in [0.25, 0.3) is 0 Å². The van der Waals surface area contributed by atoms with Crippen molar-refractivity contribution in [3.8, 4) is 0 Å². The van der Waals surface area contributed by atoms with Gasteiger partial charge in [0.05, 0.1) is 15.7 Å². The molecule has 0 aliphatic heterocycles. The van der Waals surface area contributed by atoms with E-state index in [2.05, 4.69) is 29.1 Å². The number of hydrogen-bond acceptors (Lipinski definition) is 2. The molecule has 1 unspecified atom stereocenters. The first-order valence-electron chi connectivity index (χ1n) is 4.91. The van der Waals surface area contributed by atoms with Crippen molar-refractivity contribution in [2.75, 3.05) is 5.32 Å². The summed E-state index contributed by atoms with van der Waals surface area (Å²) in [4.78, 5) is 0. The second-order valence-corrected chi connectivity index (χ2v) is 5.09. The largest absolute Gasteiger partial charge is 0.377 e. The molecule has 0 aliphatic carbocycles. The van der Waals surface area contributed by atoms with Crippen LogP contribution in [0.3, 0.4) is 0 Å². The number of thiophene rings is 1. The molecule has 0 aliphatic rings. The van der Waals surface area contributed by atoms with Crippen molar-refractivity contribution >= 4 is 40.2 Å². The van der Waals surface area contributed by atoms with Gasteiger partial charge in [-0.05, 0) is 41.4 Å². The van der Waals surface area contributed by atoms with Crippen molar-refractivity contribution in [3.63, 3.8) is 0 Å². The summed E-state index contributed by atoms with van der Waals surface area (Å²) in [7, 11) is 0. The molecular formula is C12H11Cl2NS. The van der Waals surface area contributed by atoms with Crippen LogP contribution >= 0.6 is 34.5 Å². The Balaban J connectivity index is 2.18. The summed E-state index contributed by atoms with van der Waals surface area (Å²) < 4.78 is 0. The summed E-state index contributed by atoms with van der Waals surface area (Å²) in [6.07, 6.45) is 0. The SMILES string of the molecule is CC(Nc1cccc(Cl)c1Cl)c1ccsc1. The van der Waals surface area contributed by atoms with E-state index >= 15 is 0 Å². The molecule has 0 radical (unpaired) electrons. The van der Waals surface area contributed by atoms with Crippen LogP contribution in [0.15, 0.2) is 35.0 Å². The molecule has 16 heavy (non-hydrogen) atoms. The highest BCUT2D eigenvalue weighted by Crippen LogP contribution is 2.32. The van der Waals surface area contributed by atoms with Gasteiger partial charge in [-0.15, -0.1) is 0 Å². The average Bonchev–Trinajstić information content (AvgIpc) is 2.78. The van der Waals surface area contributed by atoms with E-state index in [4.69, 9.17) is 23.2 Å². The van der Waals surface area contributed by atoms with E-state index in [1.807, 2.05) is 12.1 Å². The van der Waals surface area contributed by atoms with E-state index < -0.39 is 0 Å². The molecule has 0 spiro atoms. The van der Waals surface area contributed by atoms with Crippen molar-refractivity contribution in [2.45, 2.75) is 13.0 Å². The Morgan fingerprint density at radius 1 is 1.25 bits per heavy atom. The third-order valence-corrected chi connectivity index (χ3v) is 3.89. The number of benzene rings is 1. The summed E-state index contributed by atoms with van der Waals surface area (Å²) in [5, 5.41) is 8.68. The smallest absolute Gasteiger partial charge is 0.0823 e.